The van der Waals surface area contributed by atoms with Crippen LogP contribution in [0.3, 0.4) is 0 Å². The lowest BCUT2D eigenvalue weighted by Gasteiger charge is -2.27. The van der Waals surface area contributed by atoms with Crippen LogP contribution in [-0.2, 0) is 30.8 Å². The van der Waals surface area contributed by atoms with Gasteiger partial charge in [0.25, 0.3) is 0 Å². The normalized spacial score (nSPS) is 18.8. The number of rotatable bonds is 6. The van der Waals surface area contributed by atoms with Gasteiger partial charge in [-0.15, -0.1) is 0 Å². The average Bonchev–Trinajstić information content (AvgIpc) is 3.46. The number of carbonyl (C=O) groups is 1. The van der Waals surface area contributed by atoms with Crippen LogP contribution in [0.5, 0.6) is 11.5 Å². The minimum atomic E-state index is 0.160. The fourth-order valence-electron chi connectivity index (χ4n) is 4.55. The van der Waals surface area contributed by atoms with E-state index < -0.39 is 0 Å². The molecule has 3 heterocycles. The van der Waals surface area contributed by atoms with Crippen LogP contribution in [-0.4, -0.2) is 40.0 Å². The van der Waals surface area contributed by atoms with Crippen molar-refractivity contribution in [1.82, 2.24) is 20.0 Å². The lowest BCUT2D eigenvalue weighted by Crippen LogP contribution is -2.33. The highest BCUT2D eigenvalue weighted by Crippen LogP contribution is 2.33. The Morgan fingerprint density at radius 1 is 1.14 bits per heavy atom. The number of amides is 1. The summed E-state index contributed by atoms with van der Waals surface area (Å²) in [4.78, 5) is 14.6. The van der Waals surface area contributed by atoms with Crippen molar-refractivity contribution in [2.75, 3.05) is 13.3 Å². The van der Waals surface area contributed by atoms with E-state index >= 15 is 0 Å². The molecule has 0 atom stereocenters. The fraction of sp³-hybridized carbons (Fsp3) is 0.545. The number of aryl methyl sites for hydroxylation is 1. The molecule has 29 heavy (non-hydrogen) atoms. The second kappa shape index (κ2) is 8.06. The molecule has 1 saturated carbocycles. The molecular formula is C22H28N4O3. The Bertz CT molecular complexity index is 888. The third kappa shape index (κ3) is 4.24. The largest absolute Gasteiger partial charge is 0.454 e. The van der Waals surface area contributed by atoms with Gasteiger partial charge in [0, 0.05) is 38.5 Å². The highest BCUT2D eigenvalue weighted by atomic mass is 16.7. The first-order chi connectivity index (χ1) is 14.2. The van der Waals surface area contributed by atoms with E-state index in [-0.39, 0.29) is 5.91 Å². The number of nitrogens with one attached hydrogen (secondary N) is 1. The Morgan fingerprint density at radius 2 is 2.00 bits per heavy atom. The maximum atomic E-state index is 12.2. The van der Waals surface area contributed by atoms with Crippen LogP contribution in [0.15, 0.2) is 24.3 Å². The first-order valence-electron chi connectivity index (χ1n) is 10.7. The van der Waals surface area contributed by atoms with Crippen molar-refractivity contribution in [1.29, 1.82) is 0 Å². The summed E-state index contributed by atoms with van der Waals surface area (Å²) < 4.78 is 13.0. The van der Waals surface area contributed by atoms with E-state index in [9.17, 15) is 4.79 Å². The highest BCUT2D eigenvalue weighted by Gasteiger charge is 2.21. The molecule has 3 aliphatic rings. The summed E-state index contributed by atoms with van der Waals surface area (Å²) in [7, 11) is 0. The predicted molar refractivity (Wildman–Crippen MR) is 108 cm³/mol. The minimum Gasteiger partial charge on any atom is -0.454 e. The molecule has 1 fully saturated rings. The second-order valence-electron chi connectivity index (χ2n) is 8.30. The molecule has 0 saturated heterocycles. The van der Waals surface area contributed by atoms with Gasteiger partial charge in [-0.25, -0.2) is 0 Å². The molecule has 1 amide bonds. The summed E-state index contributed by atoms with van der Waals surface area (Å²) in [6.07, 6.45) is 5.96. The van der Waals surface area contributed by atoms with Gasteiger partial charge in [-0.1, -0.05) is 18.9 Å². The maximum Gasteiger partial charge on any atom is 0.231 e. The third-order valence-corrected chi connectivity index (χ3v) is 6.10. The molecule has 2 aromatic rings. The summed E-state index contributed by atoms with van der Waals surface area (Å²) in [5, 5.41) is 7.88. The van der Waals surface area contributed by atoms with Gasteiger partial charge in [0.05, 0.1) is 17.9 Å². The number of benzene rings is 1. The SMILES string of the molecule is O=C(CCc1cc2n(n1)CCN(Cc1ccc3c(c1)OCO3)C2)NC1CCCC1. The van der Waals surface area contributed by atoms with E-state index in [2.05, 4.69) is 33.1 Å². The van der Waals surface area contributed by atoms with E-state index in [1.807, 2.05) is 6.07 Å². The van der Waals surface area contributed by atoms with E-state index in [0.29, 0.717) is 25.7 Å². The lowest BCUT2D eigenvalue weighted by molar-refractivity contribution is -0.121. The van der Waals surface area contributed by atoms with Gasteiger partial charge < -0.3 is 14.8 Å². The van der Waals surface area contributed by atoms with E-state index in [4.69, 9.17) is 14.6 Å². The molecule has 1 N–H and O–H groups in total. The van der Waals surface area contributed by atoms with Gasteiger partial charge in [-0.05, 0) is 36.6 Å². The molecule has 7 heteroatoms. The van der Waals surface area contributed by atoms with Gasteiger partial charge in [0.1, 0.15) is 0 Å². The maximum absolute atomic E-state index is 12.2. The standard InChI is InChI=1S/C22H28N4O3/c27-22(23-17-3-1-2-4-17)8-6-18-12-19-14-25(9-10-26(19)24-18)13-16-5-7-20-21(11-16)29-15-28-20/h5,7,11-12,17H,1-4,6,8-10,13-15H2,(H,23,27). The zero-order valence-corrected chi connectivity index (χ0v) is 16.7. The van der Waals surface area contributed by atoms with Crippen LogP contribution in [0.25, 0.3) is 0 Å². The van der Waals surface area contributed by atoms with Crippen LogP contribution < -0.4 is 14.8 Å². The molecule has 0 bridgehead atoms. The Hall–Kier alpha value is -2.54. The molecular weight excluding hydrogens is 368 g/mol. The third-order valence-electron chi connectivity index (χ3n) is 6.10. The monoisotopic (exact) mass is 396 g/mol. The van der Waals surface area contributed by atoms with Crippen LogP contribution >= 0.6 is 0 Å². The molecule has 7 nitrogen and oxygen atoms in total. The Labute approximate surface area is 171 Å². The summed E-state index contributed by atoms with van der Waals surface area (Å²) >= 11 is 0. The molecule has 5 rings (SSSR count). The van der Waals surface area contributed by atoms with E-state index in [1.54, 1.807) is 0 Å². The van der Waals surface area contributed by atoms with Crippen molar-refractivity contribution in [2.45, 2.75) is 64.2 Å². The van der Waals surface area contributed by atoms with Crippen molar-refractivity contribution in [3.63, 3.8) is 0 Å². The average molecular weight is 396 g/mol. The lowest BCUT2D eigenvalue weighted by atomic mass is 10.1. The second-order valence-corrected chi connectivity index (χ2v) is 8.30. The molecule has 0 spiro atoms. The number of aromatic nitrogens is 2. The van der Waals surface area contributed by atoms with Gasteiger partial charge in [0.2, 0.25) is 12.7 Å². The zero-order valence-electron chi connectivity index (χ0n) is 16.7. The van der Waals surface area contributed by atoms with E-state index in [1.165, 1.54) is 24.1 Å². The van der Waals surface area contributed by atoms with Crippen molar-refractivity contribution >= 4 is 5.91 Å². The molecule has 1 aliphatic carbocycles. The summed E-state index contributed by atoms with van der Waals surface area (Å²) in [5.74, 6) is 1.82. The molecule has 0 radical (unpaired) electrons. The predicted octanol–water partition coefficient (Wildman–Crippen LogP) is 2.62. The molecule has 1 aromatic carbocycles. The first-order valence-corrected chi connectivity index (χ1v) is 10.7. The Balaban J connectivity index is 1.15. The van der Waals surface area contributed by atoms with Gasteiger partial charge in [0.15, 0.2) is 11.5 Å². The number of carbonyl (C=O) groups excluding carboxylic acids is 1. The van der Waals surface area contributed by atoms with Crippen molar-refractivity contribution < 1.29 is 14.3 Å². The van der Waals surface area contributed by atoms with E-state index in [0.717, 1.165) is 56.2 Å². The topological polar surface area (TPSA) is 68.6 Å². The van der Waals surface area contributed by atoms with Gasteiger partial charge in [-0.2, -0.15) is 5.10 Å². The van der Waals surface area contributed by atoms with Crippen LogP contribution in [0.4, 0.5) is 0 Å². The fourth-order valence-corrected chi connectivity index (χ4v) is 4.55. The summed E-state index contributed by atoms with van der Waals surface area (Å²) in [6.45, 7) is 3.90. The number of ether oxygens (including phenoxy) is 2. The molecule has 0 unspecified atom stereocenters. The zero-order chi connectivity index (χ0) is 19.6. The number of hydrogen-bond acceptors (Lipinski definition) is 5. The van der Waals surface area contributed by atoms with Crippen LogP contribution in [0, 0.1) is 0 Å². The van der Waals surface area contributed by atoms with Gasteiger partial charge >= 0.3 is 0 Å². The Morgan fingerprint density at radius 3 is 2.90 bits per heavy atom. The van der Waals surface area contributed by atoms with Crippen LogP contribution in [0.1, 0.15) is 49.1 Å². The quantitative estimate of drug-likeness (QED) is 0.813. The number of nitrogens with zero attached hydrogens (tertiary/aromatic N) is 3. The van der Waals surface area contributed by atoms with Gasteiger partial charge in [-0.3, -0.25) is 14.4 Å². The molecule has 1 aromatic heterocycles. The molecule has 154 valence electrons. The first kappa shape index (κ1) is 18.5. The van der Waals surface area contributed by atoms with Crippen molar-refractivity contribution in [3.8, 4) is 11.5 Å². The van der Waals surface area contributed by atoms with Crippen molar-refractivity contribution in [3.05, 3.63) is 41.2 Å². The van der Waals surface area contributed by atoms with Crippen LogP contribution in [0.2, 0.25) is 0 Å². The van der Waals surface area contributed by atoms with Crippen molar-refractivity contribution in [2.24, 2.45) is 0 Å². The molecule has 2 aliphatic heterocycles. The summed E-state index contributed by atoms with van der Waals surface area (Å²) in [6, 6.07) is 8.72. The summed E-state index contributed by atoms with van der Waals surface area (Å²) in [5.41, 5.74) is 3.47. The Kier molecular flexibility index (Phi) is 5.14. The smallest absolute Gasteiger partial charge is 0.231 e. The highest BCUT2D eigenvalue weighted by molar-refractivity contribution is 5.76. The number of hydrogen-bond donors (Lipinski definition) is 1. The minimum absolute atomic E-state index is 0.160. The number of fused-ring (bicyclic) bond motifs is 2.